The van der Waals surface area contributed by atoms with E-state index < -0.39 is 5.91 Å². The first-order chi connectivity index (χ1) is 10.6. The van der Waals surface area contributed by atoms with Crippen LogP contribution in [0.5, 0.6) is 0 Å². The van der Waals surface area contributed by atoms with Crippen LogP contribution >= 0.6 is 27.3 Å². The molecule has 0 aliphatic rings. The highest BCUT2D eigenvalue weighted by molar-refractivity contribution is 9.10. The number of carbonyl (C=O) groups is 1. The van der Waals surface area contributed by atoms with Gasteiger partial charge in [0, 0.05) is 17.1 Å². The van der Waals surface area contributed by atoms with Gasteiger partial charge in [0.05, 0.1) is 15.9 Å². The van der Waals surface area contributed by atoms with Gasteiger partial charge in [-0.1, -0.05) is 38.5 Å². The fourth-order valence-electron chi connectivity index (χ4n) is 2.04. The lowest BCUT2D eigenvalue weighted by molar-refractivity contribution is 0.0962. The van der Waals surface area contributed by atoms with Crippen LogP contribution in [0, 0.1) is 6.92 Å². The molecule has 1 aromatic carbocycles. The van der Waals surface area contributed by atoms with Crippen molar-refractivity contribution >= 4 is 43.4 Å². The maximum atomic E-state index is 12.2. The average molecular weight is 378 g/mol. The lowest BCUT2D eigenvalue weighted by atomic mass is 10.3. The van der Waals surface area contributed by atoms with Crippen molar-refractivity contribution in [1.82, 2.24) is 9.72 Å². The van der Waals surface area contributed by atoms with Crippen LogP contribution in [-0.2, 0) is 6.54 Å². The van der Waals surface area contributed by atoms with Crippen molar-refractivity contribution in [3.63, 3.8) is 0 Å². The molecule has 5 nitrogen and oxygen atoms in total. The topological polar surface area (TPSA) is 60.4 Å². The largest absolute Gasteiger partial charge is 0.351 e. The number of aromatic nitrogens is 2. The Hall–Kier alpha value is -1.99. The van der Waals surface area contributed by atoms with Gasteiger partial charge in [-0.3, -0.25) is 4.79 Å². The van der Waals surface area contributed by atoms with Crippen LogP contribution in [0.15, 0.2) is 50.9 Å². The molecule has 1 amide bonds. The highest BCUT2D eigenvalue weighted by atomic mass is 79.9. The number of fused-ring (bicyclic) bond motifs is 1. The van der Waals surface area contributed by atoms with E-state index in [1.165, 1.54) is 11.3 Å². The Labute approximate surface area is 138 Å². The number of carbonyl (C=O) groups excluding carboxylic acids is 1. The molecule has 0 spiro atoms. The first kappa shape index (κ1) is 14.9. The van der Waals surface area contributed by atoms with E-state index in [0.717, 1.165) is 14.7 Å². The van der Waals surface area contributed by atoms with E-state index in [2.05, 4.69) is 32.7 Å². The molecule has 0 aliphatic carbocycles. The number of thiazole rings is 1. The third-order valence-electron chi connectivity index (χ3n) is 2.99. The maximum Gasteiger partial charge on any atom is 0.318 e. The lowest BCUT2D eigenvalue weighted by Crippen LogP contribution is -2.16. The summed E-state index contributed by atoms with van der Waals surface area (Å²) in [7, 11) is 0. The van der Waals surface area contributed by atoms with Gasteiger partial charge < -0.3 is 9.09 Å². The van der Waals surface area contributed by atoms with E-state index in [4.69, 9.17) is 4.52 Å². The summed E-state index contributed by atoms with van der Waals surface area (Å²) in [6.45, 7) is 6.09. The Kier molecular flexibility index (Phi) is 4.08. The summed E-state index contributed by atoms with van der Waals surface area (Å²) in [5.74, 6) is -0.301. The first-order valence-corrected chi connectivity index (χ1v) is 8.11. The molecule has 0 fully saturated rings. The van der Waals surface area contributed by atoms with E-state index in [-0.39, 0.29) is 5.76 Å². The van der Waals surface area contributed by atoms with E-state index >= 15 is 0 Å². The van der Waals surface area contributed by atoms with Crippen molar-refractivity contribution in [2.45, 2.75) is 13.5 Å². The second-order valence-corrected chi connectivity index (χ2v) is 6.57. The quantitative estimate of drug-likeness (QED) is 0.653. The fraction of sp³-hybridized carbons (Fsp3) is 0.133. The normalized spacial score (nSPS) is 12.0. The summed E-state index contributed by atoms with van der Waals surface area (Å²) in [6, 6.07) is 7.52. The van der Waals surface area contributed by atoms with Crippen LogP contribution in [0.2, 0.25) is 0 Å². The third-order valence-corrected chi connectivity index (χ3v) is 4.53. The van der Waals surface area contributed by atoms with Gasteiger partial charge in [0.1, 0.15) is 0 Å². The zero-order valence-corrected chi connectivity index (χ0v) is 14.1. The van der Waals surface area contributed by atoms with Crippen molar-refractivity contribution < 1.29 is 9.32 Å². The molecule has 2 aromatic heterocycles. The molecule has 0 saturated carbocycles. The van der Waals surface area contributed by atoms with Gasteiger partial charge in [-0.05, 0) is 25.1 Å². The zero-order chi connectivity index (χ0) is 15.7. The second-order valence-electron chi connectivity index (χ2n) is 4.65. The SMILES string of the molecule is C=CCn1c(=NC(=O)c2cc(C)no2)sc2cc(Br)ccc21. The number of hydrogen-bond acceptors (Lipinski definition) is 4. The third kappa shape index (κ3) is 2.82. The molecule has 0 N–H and O–H groups in total. The minimum Gasteiger partial charge on any atom is -0.351 e. The Balaban J connectivity index is 2.16. The second kappa shape index (κ2) is 6.02. The molecule has 0 aliphatic heterocycles. The first-order valence-electron chi connectivity index (χ1n) is 6.50. The summed E-state index contributed by atoms with van der Waals surface area (Å²) in [6.07, 6.45) is 1.77. The molecule has 3 aromatic rings. The van der Waals surface area contributed by atoms with Crippen LogP contribution in [0.1, 0.15) is 16.2 Å². The van der Waals surface area contributed by atoms with Gasteiger partial charge in [-0.25, -0.2) is 0 Å². The molecule has 0 bridgehead atoms. The van der Waals surface area contributed by atoms with Crippen LogP contribution in [0.4, 0.5) is 0 Å². The van der Waals surface area contributed by atoms with Crippen LogP contribution < -0.4 is 4.80 Å². The minimum atomic E-state index is -0.441. The van der Waals surface area contributed by atoms with Crippen molar-refractivity contribution in [2.75, 3.05) is 0 Å². The number of aryl methyl sites for hydroxylation is 1. The molecule has 0 saturated heterocycles. The van der Waals surface area contributed by atoms with Crippen LogP contribution in [-0.4, -0.2) is 15.6 Å². The average Bonchev–Trinajstić information content (AvgIpc) is 3.04. The minimum absolute atomic E-state index is 0.140. The van der Waals surface area contributed by atoms with Crippen LogP contribution in [0.3, 0.4) is 0 Å². The van der Waals surface area contributed by atoms with E-state index in [0.29, 0.717) is 17.0 Å². The number of nitrogens with zero attached hydrogens (tertiary/aromatic N) is 3. The summed E-state index contributed by atoms with van der Waals surface area (Å²) in [5.41, 5.74) is 1.66. The molecule has 7 heteroatoms. The monoisotopic (exact) mass is 377 g/mol. The van der Waals surface area contributed by atoms with E-state index in [1.54, 1.807) is 19.1 Å². The molecule has 0 atom stereocenters. The smallest absolute Gasteiger partial charge is 0.318 e. The number of amides is 1. The zero-order valence-electron chi connectivity index (χ0n) is 11.7. The molecule has 22 heavy (non-hydrogen) atoms. The standard InChI is InChI=1S/C15H12BrN3O2S/c1-3-6-19-11-5-4-10(16)8-13(11)22-15(19)17-14(20)12-7-9(2)18-21-12/h3-5,7-8H,1,6H2,2H3. The molecule has 0 radical (unpaired) electrons. The Morgan fingerprint density at radius 3 is 3.05 bits per heavy atom. The summed E-state index contributed by atoms with van der Waals surface area (Å²) >= 11 is 4.90. The van der Waals surface area contributed by atoms with Crippen molar-refractivity contribution in [3.05, 3.63) is 57.6 Å². The number of allylic oxidation sites excluding steroid dienone is 1. The Morgan fingerprint density at radius 1 is 1.55 bits per heavy atom. The van der Waals surface area contributed by atoms with Gasteiger partial charge >= 0.3 is 5.91 Å². The highest BCUT2D eigenvalue weighted by Gasteiger charge is 2.12. The molecular weight excluding hydrogens is 366 g/mol. The van der Waals surface area contributed by atoms with Gasteiger partial charge in [0.15, 0.2) is 4.80 Å². The predicted molar refractivity (Wildman–Crippen MR) is 88.8 cm³/mol. The van der Waals surface area contributed by atoms with E-state index in [1.807, 2.05) is 22.8 Å². The van der Waals surface area contributed by atoms with Gasteiger partial charge in [0.2, 0.25) is 5.76 Å². The van der Waals surface area contributed by atoms with Gasteiger partial charge in [-0.15, -0.1) is 6.58 Å². The summed E-state index contributed by atoms with van der Waals surface area (Å²) in [4.78, 5) is 17.0. The predicted octanol–water partition coefficient (Wildman–Crippen LogP) is 3.69. The van der Waals surface area contributed by atoms with Crippen molar-refractivity contribution in [1.29, 1.82) is 0 Å². The van der Waals surface area contributed by atoms with Crippen molar-refractivity contribution in [3.8, 4) is 0 Å². The Morgan fingerprint density at radius 2 is 2.36 bits per heavy atom. The molecule has 112 valence electrons. The molecule has 3 rings (SSSR count). The highest BCUT2D eigenvalue weighted by Crippen LogP contribution is 2.22. The van der Waals surface area contributed by atoms with Gasteiger partial charge in [0.25, 0.3) is 0 Å². The summed E-state index contributed by atoms with van der Waals surface area (Å²) < 4.78 is 8.93. The molecular formula is C15H12BrN3O2S. The molecule has 2 heterocycles. The van der Waals surface area contributed by atoms with Gasteiger partial charge in [-0.2, -0.15) is 4.99 Å². The fourth-order valence-corrected chi connectivity index (χ4v) is 3.63. The lowest BCUT2D eigenvalue weighted by Gasteiger charge is -2.00. The number of halogens is 1. The number of hydrogen-bond donors (Lipinski definition) is 0. The maximum absolute atomic E-state index is 12.2. The van der Waals surface area contributed by atoms with Crippen molar-refractivity contribution in [2.24, 2.45) is 4.99 Å². The van der Waals surface area contributed by atoms with E-state index in [9.17, 15) is 4.79 Å². The Bertz CT molecular complexity index is 936. The number of benzene rings is 1. The van der Waals surface area contributed by atoms with Crippen LogP contribution in [0.25, 0.3) is 10.2 Å². The molecule has 0 unspecified atom stereocenters. The summed E-state index contributed by atoms with van der Waals surface area (Å²) in [5, 5.41) is 3.71. The number of rotatable bonds is 3.